The van der Waals surface area contributed by atoms with Crippen molar-refractivity contribution in [3.63, 3.8) is 0 Å². The van der Waals surface area contributed by atoms with E-state index in [1.165, 1.54) is 11.7 Å². The van der Waals surface area contributed by atoms with Crippen LogP contribution in [0.15, 0.2) is 102 Å². The quantitative estimate of drug-likeness (QED) is 0.222. The van der Waals surface area contributed by atoms with Gasteiger partial charge in [-0.05, 0) is 54.6 Å². The molecule has 6 rings (SSSR count). The fourth-order valence-electron chi connectivity index (χ4n) is 7.73. The number of nitrogens with zero attached hydrogens (tertiary/aromatic N) is 3. The Morgan fingerprint density at radius 1 is 0.980 bits per heavy atom. The number of benzene rings is 3. The topological polar surface area (TPSA) is 122 Å². The minimum Gasteiger partial charge on any atom is -0.491 e. The number of aliphatic hydroxyl groups excluding tert-OH is 1. The summed E-state index contributed by atoms with van der Waals surface area (Å²) < 4.78 is 13.6. The molecule has 3 heterocycles. The van der Waals surface area contributed by atoms with E-state index in [9.17, 15) is 24.3 Å². The molecule has 2 aliphatic rings. The van der Waals surface area contributed by atoms with Gasteiger partial charge in [-0.15, -0.1) is 0 Å². The van der Waals surface area contributed by atoms with E-state index in [4.69, 9.17) is 9.47 Å². The molecule has 49 heavy (non-hydrogen) atoms. The normalized spacial score (nSPS) is 21.6. The third-order valence-electron chi connectivity index (χ3n) is 9.87. The molecule has 1 fully saturated rings. The van der Waals surface area contributed by atoms with Gasteiger partial charge in [-0.2, -0.15) is 0 Å². The Labute approximate surface area is 287 Å². The van der Waals surface area contributed by atoms with Crippen molar-refractivity contribution in [3.05, 3.63) is 124 Å². The number of aromatic nitrogens is 1. The van der Waals surface area contributed by atoms with E-state index in [1.54, 1.807) is 28.1 Å². The molecule has 2 amide bonds. The maximum absolute atomic E-state index is 14.8. The summed E-state index contributed by atoms with van der Waals surface area (Å²) in [6.07, 6.45) is 0.923. The number of rotatable bonds is 11. The van der Waals surface area contributed by atoms with Crippen LogP contribution in [0.3, 0.4) is 0 Å². The molecule has 10 nitrogen and oxygen atoms in total. The van der Waals surface area contributed by atoms with Crippen LogP contribution in [0.2, 0.25) is 18.6 Å². The van der Waals surface area contributed by atoms with Crippen molar-refractivity contribution in [2.24, 2.45) is 5.92 Å². The highest BCUT2D eigenvalue weighted by Crippen LogP contribution is 2.59. The molecule has 0 saturated carbocycles. The molecule has 2 aliphatic heterocycles. The monoisotopic (exact) mass is 681 g/mol. The van der Waals surface area contributed by atoms with Gasteiger partial charge in [0.25, 0.3) is 11.5 Å². The minimum absolute atomic E-state index is 0.0344. The summed E-state index contributed by atoms with van der Waals surface area (Å²) in [5.74, 6) is -0.670. The first-order chi connectivity index (χ1) is 23.5. The van der Waals surface area contributed by atoms with Crippen molar-refractivity contribution in [3.8, 4) is 11.4 Å². The molecule has 256 valence electrons. The number of hydrogen-bond donors (Lipinski definition) is 2. The van der Waals surface area contributed by atoms with Gasteiger partial charge in [0.1, 0.15) is 0 Å². The number of methoxy groups -OCH3 is 1. The number of carbonyl (C=O) groups is 2. The van der Waals surface area contributed by atoms with Crippen molar-refractivity contribution in [2.45, 2.75) is 56.8 Å². The summed E-state index contributed by atoms with van der Waals surface area (Å²) in [7, 11) is -1.55. The second-order valence-corrected chi connectivity index (χ2v) is 17.4. The largest absolute Gasteiger partial charge is 0.491 e. The highest BCUT2D eigenvalue weighted by atomic mass is 28.4. The van der Waals surface area contributed by atoms with Gasteiger partial charge in [-0.25, -0.2) is 0 Å². The molecular weight excluding hydrogens is 639 g/mol. The van der Waals surface area contributed by atoms with E-state index in [-0.39, 0.29) is 49.2 Å². The molecule has 0 aliphatic carbocycles. The smallest absolute Gasteiger partial charge is 0.297 e. The zero-order valence-corrected chi connectivity index (χ0v) is 29.3. The fraction of sp³-hybridized carbons (Fsp3) is 0.342. The van der Waals surface area contributed by atoms with Gasteiger partial charge in [-0.3, -0.25) is 19.0 Å². The number of ether oxygens (including phenoxy) is 2. The van der Waals surface area contributed by atoms with Gasteiger partial charge in [0.05, 0.1) is 38.5 Å². The Kier molecular flexibility index (Phi) is 9.63. The second kappa shape index (κ2) is 13.8. The van der Waals surface area contributed by atoms with Crippen molar-refractivity contribution in [2.75, 3.05) is 25.2 Å². The molecule has 0 radical (unpaired) electrons. The standard InChI is InChI=1S/C38H43N3O7Si/c1-26-35(49(3,4)46)33(23-34(43)39(20-21-42)24-27-12-6-5-7-13-27)48-38(26)30-16-8-9-17-31(30)41(37(38)45)25-28-14-10-15-29(22-28)40-19-11-18-32(47-2)36(40)44/h5-19,22,26,33,35,42,46H,20-21,23-25H2,1-4H3/t26-,33+,35-,38+/m0/s1. The maximum Gasteiger partial charge on any atom is 0.297 e. The summed E-state index contributed by atoms with van der Waals surface area (Å²) in [5, 5.41) is 9.80. The molecule has 11 heteroatoms. The Bertz CT molecular complexity index is 1890. The summed E-state index contributed by atoms with van der Waals surface area (Å²) in [4.78, 5) is 56.6. The number of fused-ring (bicyclic) bond motifs is 2. The van der Waals surface area contributed by atoms with E-state index < -0.39 is 31.5 Å². The molecule has 1 saturated heterocycles. The van der Waals surface area contributed by atoms with Crippen LogP contribution < -0.4 is 15.2 Å². The number of amides is 2. The van der Waals surface area contributed by atoms with Gasteiger partial charge in [0.2, 0.25) is 5.91 Å². The number of pyridine rings is 1. The van der Waals surface area contributed by atoms with Crippen LogP contribution in [0, 0.1) is 5.92 Å². The molecule has 2 N–H and O–H groups in total. The lowest BCUT2D eigenvalue weighted by molar-refractivity contribution is -0.150. The maximum atomic E-state index is 14.8. The average molecular weight is 682 g/mol. The van der Waals surface area contributed by atoms with Crippen LogP contribution >= 0.6 is 0 Å². The van der Waals surface area contributed by atoms with E-state index in [0.29, 0.717) is 23.5 Å². The Balaban J connectivity index is 1.32. The van der Waals surface area contributed by atoms with Gasteiger partial charge < -0.3 is 29.2 Å². The van der Waals surface area contributed by atoms with Crippen molar-refractivity contribution >= 4 is 25.8 Å². The van der Waals surface area contributed by atoms with Crippen LogP contribution in [-0.2, 0) is 33.0 Å². The van der Waals surface area contributed by atoms with Crippen LogP contribution in [0.1, 0.15) is 30.0 Å². The first-order valence-electron chi connectivity index (χ1n) is 16.6. The predicted molar refractivity (Wildman–Crippen MR) is 189 cm³/mol. The first kappa shape index (κ1) is 34.3. The van der Waals surface area contributed by atoms with E-state index >= 15 is 0 Å². The third-order valence-corrected chi connectivity index (χ3v) is 12.4. The Morgan fingerprint density at radius 2 is 1.69 bits per heavy atom. The fourth-order valence-corrected chi connectivity index (χ4v) is 10.3. The molecule has 1 aromatic heterocycles. The average Bonchev–Trinajstić information content (AvgIpc) is 3.51. The summed E-state index contributed by atoms with van der Waals surface area (Å²) in [6.45, 7) is 6.12. The summed E-state index contributed by atoms with van der Waals surface area (Å²) in [5.41, 5.74) is 1.67. The summed E-state index contributed by atoms with van der Waals surface area (Å²) >= 11 is 0. The van der Waals surface area contributed by atoms with Gasteiger partial charge >= 0.3 is 0 Å². The molecule has 0 bridgehead atoms. The molecule has 3 aromatic carbocycles. The van der Waals surface area contributed by atoms with Gasteiger partial charge in [0.15, 0.2) is 19.7 Å². The van der Waals surface area contributed by atoms with Crippen LogP contribution in [-0.4, -0.2) is 65.9 Å². The molecule has 4 atom stereocenters. The van der Waals surface area contributed by atoms with E-state index in [2.05, 4.69) is 0 Å². The number of anilines is 1. The molecular formula is C38H43N3O7Si. The van der Waals surface area contributed by atoms with E-state index in [0.717, 1.165) is 11.1 Å². The van der Waals surface area contributed by atoms with Crippen molar-refractivity contribution in [1.82, 2.24) is 9.47 Å². The van der Waals surface area contributed by atoms with Gasteiger partial charge in [-0.1, -0.05) is 67.6 Å². The highest BCUT2D eigenvalue weighted by Gasteiger charge is 2.66. The zero-order valence-electron chi connectivity index (χ0n) is 28.3. The molecule has 1 spiro atoms. The van der Waals surface area contributed by atoms with Crippen LogP contribution in [0.4, 0.5) is 5.69 Å². The lowest BCUT2D eigenvalue weighted by Crippen LogP contribution is -2.46. The SMILES string of the molecule is COc1cccn(-c2cccc(CN3C(=O)[C@]4(O[C@H](CC(=O)N(CCO)Cc5ccccc5)[C@@H]([Si](C)(C)O)[C@@H]4C)c4ccccc43)c2)c1=O. The molecule has 0 unspecified atom stereocenters. The third kappa shape index (κ3) is 6.35. The number of hydrogen-bond acceptors (Lipinski definition) is 7. The highest BCUT2D eigenvalue weighted by molar-refractivity contribution is 6.71. The zero-order chi connectivity index (χ0) is 34.9. The number of aliphatic hydroxyl groups is 1. The van der Waals surface area contributed by atoms with Crippen molar-refractivity contribution < 1.29 is 29.0 Å². The van der Waals surface area contributed by atoms with Crippen LogP contribution in [0.25, 0.3) is 5.69 Å². The number of carbonyl (C=O) groups excluding carboxylic acids is 2. The summed E-state index contributed by atoms with van der Waals surface area (Å²) in [6, 6.07) is 27.9. The van der Waals surface area contributed by atoms with E-state index in [1.807, 2.05) is 98.9 Å². The number of para-hydroxylation sites is 1. The van der Waals surface area contributed by atoms with Crippen LogP contribution in [0.5, 0.6) is 5.75 Å². The Morgan fingerprint density at radius 3 is 2.41 bits per heavy atom. The lowest BCUT2D eigenvalue weighted by atomic mass is 9.82. The minimum atomic E-state index is -3.00. The predicted octanol–water partition coefficient (Wildman–Crippen LogP) is 4.60. The van der Waals surface area contributed by atoms with Gasteiger partial charge in [0, 0.05) is 42.0 Å². The first-order valence-corrected chi connectivity index (χ1v) is 19.6. The molecule has 4 aromatic rings. The second-order valence-electron chi connectivity index (χ2n) is 13.4. The van der Waals surface area contributed by atoms with Crippen molar-refractivity contribution in [1.29, 1.82) is 0 Å². The lowest BCUT2D eigenvalue weighted by Gasteiger charge is -2.32. The Hall–Kier alpha value is -4.55.